The van der Waals surface area contributed by atoms with Crippen LogP contribution in [0.3, 0.4) is 0 Å². The Balaban J connectivity index is 2.04. The van der Waals surface area contributed by atoms with E-state index in [1.54, 1.807) is 0 Å². The maximum atomic E-state index is 5.88. The van der Waals surface area contributed by atoms with Crippen LogP contribution in [0.1, 0.15) is 46.0 Å². The number of alkyl halides is 1. The minimum atomic E-state index is 0.362. The highest BCUT2D eigenvalue weighted by Crippen LogP contribution is 2.21. The van der Waals surface area contributed by atoms with Crippen LogP contribution in [-0.2, 0) is 9.47 Å². The van der Waals surface area contributed by atoms with Crippen molar-refractivity contribution in [1.29, 1.82) is 0 Å². The van der Waals surface area contributed by atoms with Crippen molar-refractivity contribution in [3.8, 4) is 0 Å². The van der Waals surface area contributed by atoms with Crippen molar-refractivity contribution < 1.29 is 9.47 Å². The molecule has 1 heterocycles. The Kier molecular flexibility index (Phi) is 6.86. The van der Waals surface area contributed by atoms with Gasteiger partial charge in [0.05, 0.1) is 18.3 Å². The molecule has 0 saturated carbocycles. The summed E-state index contributed by atoms with van der Waals surface area (Å²) in [6.45, 7) is 5.19. The summed E-state index contributed by atoms with van der Waals surface area (Å²) in [7, 11) is 0. The second-order valence-electron chi connectivity index (χ2n) is 4.47. The second-order valence-corrected chi connectivity index (χ2v) is 5.26. The lowest BCUT2D eigenvalue weighted by Gasteiger charge is -2.32. The molecule has 0 aromatic heterocycles. The van der Waals surface area contributed by atoms with Crippen LogP contribution in [0.5, 0.6) is 0 Å². The molecule has 1 fully saturated rings. The molecule has 2 unspecified atom stereocenters. The van der Waals surface area contributed by atoms with Gasteiger partial charge in [-0.3, -0.25) is 0 Å². The van der Waals surface area contributed by atoms with Gasteiger partial charge >= 0.3 is 0 Å². The fourth-order valence-electron chi connectivity index (χ4n) is 2.10. The minimum Gasteiger partial charge on any atom is -0.378 e. The molecule has 0 aromatic carbocycles. The molecule has 0 aromatic rings. The van der Waals surface area contributed by atoms with E-state index in [9.17, 15) is 0 Å². The Hall–Kier alpha value is 0.400. The summed E-state index contributed by atoms with van der Waals surface area (Å²) in [5.74, 6) is 0. The highest BCUT2D eigenvalue weighted by Gasteiger charge is 2.24. The molecule has 1 aliphatic heterocycles. The van der Waals surface area contributed by atoms with Gasteiger partial charge in [-0.15, -0.1) is 0 Å². The predicted molar refractivity (Wildman–Crippen MR) is 66.6 cm³/mol. The first-order chi connectivity index (χ1) is 7.22. The van der Waals surface area contributed by atoms with Crippen LogP contribution >= 0.6 is 15.9 Å². The second kappa shape index (κ2) is 7.64. The zero-order chi connectivity index (χ0) is 11.1. The molecule has 0 bridgehead atoms. The summed E-state index contributed by atoms with van der Waals surface area (Å²) < 4.78 is 11.6. The van der Waals surface area contributed by atoms with Crippen LogP contribution in [-0.4, -0.2) is 30.2 Å². The lowest BCUT2D eigenvalue weighted by molar-refractivity contribution is -0.102. The van der Waals surface area contributed by atoms with Crippen molar-refractivity contribution in [2.24, 2.45) is 0 Å². The van der Waals surface area contributed by atoms with E-state index < -0.39 is 0 Å². The molecular formula is C12H23BrO2. The smallest absolute Gasteiger partial charge is 0.0624 e. The van der Waals surface area contributed by atoms with Gasteiger partial charge in [-0.05, 0) is 39.5 Å². The Labute approximate surface area is 102 Å². The van der Waals surface area contributed by atoms with Crippen LogP contribution in [0.15, 0.2) is 0 Å². The van der Waals surface area contributed by atoms with Crippen molar-refractivity contribution in [3.05, 3.63) is 0 Å². The Bertz CT molecular complexity index is 154. The van der Waals surface area contributed by atoms with Crippen LogP contribution in [0.2, 0.25) is 0 Å². The van der Waals surface area contributed by atoms with Gasteiger partial charge in [0.25, 0.3) is 0 Å². The molecule has 0 spiro atoms. The molecule has 1 rings (SSSR count). The van der Waals surface area contributed by atoms with Crippen LogP contribution in [0.4, 0.5) is 0 Å². The summed E-state index contributed by atoms with van der Waals surface area (Å²) in [6, 6.07) is 0. The molecule has 1 aliphatic rings. The van der Waals surface area contributed by atoms with Crippen LogP contribution in [0, 0.1) is 0 Å². The molecular weight excluding hydrogens is 256 g/mol. The van der Waals surface area contributed by atoms with Crippen molar-refractivity contribution in [2.75, 3.05) is 11.9 Å². The van der Waals surface area contributed by atoms with Crippen LogP contribution < -0.4 is 0 Å². The number of hydrogen-bond acceptors (Lipinski definition) is 2. The lowest BCUT2D eigenvalue weighted by Crippen LogP contribution is -2.34. The summed E-state index contributed by atoms with van der Waals surface area (Å²) in [5, 5.41) is 1.11. The van der Waals surface area contributed by atoms with Gasteiger partial charge in [0.1, 0.15) is 0 Å². The largest absolute Gasteiger partial charge is 0.378 e. The van der Waals surface area contributed by atoms with Gasteiger partial charge in [0, 0.05) is 11.9 Å². The molecule has 2 nitrogen and oxygen atoms in total. The van der Waals surface area contributed by atoms with Gasteiger partial charge in [0.2, 0.25) is 0 Å². The SMILES string of the molecule is CC1CC(OCCCCCBr)CC(C)O1. The molecule has 0 radical (unpaired) electrons. The zero-order valence-corrected chi connectivity index (χ0v) is 11.5. The summed E-state index contributed by atoms with van der Waals surface area (Å²) in [5.41, 5.74) is 0. The van der Waals surface area contributed by atoms with E-state index in [1.807, 2.05) is 0 Å². The highest BCUT2D eigenvalue weighted by atomic mass is 79.9. The topological polar surface area (TPSA) is 18.5 Å². The number of ether oxygens (including phenoxy) is 2. The minimum absolute atomic E-state index is 0.362. The third-order valence-electron chi connectivity index (χ3n) is 2.79. The van der Waals surface area contributed by atoms with Crippen molar-refractivity contribution in [3.63, 3.8) is 0 Å². The third-order valence-corrected chi connectivity index (χ3v) is 3.35. The van der Waals surface area contributed by atoms with Gasteiger partial charge in [0.15, 0.2) is 0 Å². The number of halogens is 1. The monoisotopic (exact) mass is 278 g/mol. The molecule has 0 amide bonds. The Morgan fingerprint density at radius 2 is 1.80 bits per heavy atom. The van der Waals surface area contributed by atoms with E-state index in [0.29, 0.717) is 18.3 Å². The maximum Gasteiger partial charge on any atom is 0.0624 e. The number of rotatable bonds is 6. The summed E-state index contributed by atoms with van der Waals surface area (Å²) in [4.78, 5) is 0. The molecule has 2 atom stereocenters. The molecule has 15 heavy (non-hydrogen) atoms. The zero-order valence-electron chi connectivity index (χ0n) is 9.88. The number of hydrogen-bond donors (Lipinski definition) is 0. The van der Waals surface area contributed by atoms with Gasteiger partial charge < -0.3 is 9.47 Å². The van der Waals surface area contributed by atoms with Crippen molar-refractivity contribution in [1.82, 2.24) is 0 Å². The van der Waals surface area contributed by atoms with Crippen molar-refractivity contribution in [2.45, 2.75) is 64.3 Å². The fraction of sp³-hybridized carbons (Fsp3) is 1.00. The standard InChI is InChI=1S/C12H23BrO2/c1-10-8-12(9-11(2)15-10)14-7-5-3-4-6-13/h10-12H,3-9H2,1-2H3. The van der Waals surface area contributed by atoms with E-state index in [0.717, 1.165) is 24.8 Å². The molecule has 0 N–H and O–H groups in total. The van der Waals surface area contributed by atoms with E-state index in [2.05, 4.69) is 29.8 Å². The average Bonchev–Trinajstić information content (AvgIpc) is 2.16. The van der Waals surface area contributed by atoms with E-state index >= 15 is 0 Å². The van der Waals surface area contributed by atoms with Gasteiger partial charge in [-0.2, -0.15) is 0 Å². The molecule has 0 aliphatic carbocycles. The number of unbranched alkanes of at least 4 members (excludes halogenated alkanes) is 2. The molecule has 3 heteroatoms. The first kappa shape index (κ1) is 13.5. The average molecular weight is 279 g/mol. The van der Waals surface area contributed by atoms with E-state index in [-0.39, 0.29) is 0 Å². The first-order valence-electron chi connectivity index (χ1n) is 6.05. The molecule has 1 saturated heterocycles. The highest BCUT2D eigenvalue weighted by molar-refractivity contribution is 9.09. The normalized spacial score (nSPS) is 31.8. The van der Waals surface area contributed by atoms with Crippen LogP contribution in [0.25, 0.3) is 0 Å². The van der Waals surface area contributed by atoms with E-state index in [1.165, 1.54) is 19.3 Å². The quantitative estimate of drug-likeness (QED) is 0.547. The summed E-state index contributed by atoms with van der Waals surface area (Å²) in [6.07, 6.45) is 6.97. The molecule has 90 valence electrons. The first-order valence-corrected chi connectivity index (χ1v) is 7.17. The summed E-state index contributed by atoms with van der Waals surface area (Å²) >= 11 is 3.44. The van der Waals surface area contributed by atoms with Crippen molar-refractivity contribution >= 4 is 15.9 Å². The third kappa shape index (κ3) is 5.88. The fourth-order valence-corrected chi connectivity index (χ4v) is 2.50. The predicted octanol–water partition coefficient (Wildman–Crippen LogP) is 3.52. The van der Waals surface area contributed by atoms with Gasteiger partial charge in [-0.25, -0.2) is 0 Å². The maximum absolute atomic E-state index is 5.88. The van der Waals surface area contributed by atoms with E-state index in [4.69, 9.17) is 9.47 Å². The Morgan fingerprint density at radius 3 is 2.40 bits per heavy atom. The van der Waals surface area contributed by atoms with Gasteiger partial charge in [-0.1, -0.05) is 22.4 Å². The Morgan fingerprint density at radius 1 is 1.13 bits per heavy atom. The lowest BCUT2D eigenvalue weighted by atomic mass is 10.0.